The van der Waals surface area contributed by atoms with Gasteiger partial charge in [0, 0.05) is 30.1 Å². The molecule has 0 radical (unpaired) electrons. The maximum Gasteiger partial charge on any atom is 0.270 e. The number of pyridine rings is 1. The van der Waals surface area contributed by atoms with Crippen LogP contribution in [0.3, 0.4) is 0 Å². The van der Waals surface area contributed by atoms with Gasteiger partial charge in [0.15, 0.2) is 0 Å². The molecule has 20 heavy (non-hydrogen) atoms. The Hall–Kier alpha value is -3.02. The van der Waals surface area contributed by atoms with Crippen molar-refractivity contribution in [1.29, 1.82) is 0 Å². The minimum atomic E-state index is -0.417. The Kier molecular flexibility index (Phi) is 2.96. The van der Waals surface area contributed by atoms with E-state index in [1.165, 1.54) is 12.1 Å². The Balaban J connectivity index is 1.98. The van der Waals surface area contributed by atoms with E-state index in [9.17, 15) is 10.1 Å². The van der Waals surface area contributed by atoms with Crippen LogP contribution < -0.4 is 0 Å². The van der Waals surface area contributed by atoms with Gasteiger partial charge in [0.2, 0.25) is 0 Å². The zero-order valence-corrected chi connectivity index (χ0v) is 10.4. The molecule has 0 spiro atoms. The van der Waals surface area contributed by atoms with E-state index in [1.54, 1.807) is 35.4 Å². The molecule has 2 aromatic heterocycles. The van der Waals surface area contributed by atoms with E-state index < -0.39 is 4.92 Å². The maximum atomic E-state index is 10.8. The van der Waals surface area contributed by atoms with Gasteiger partial charge in [0.1, 0.15) is 12.1 Å². The lowest BCUT2D eigenvalue weighted by molar-refractivity contribution is -0.384. The van der Waals surface area contributed by atoms with Gasteiger partial charge in [0.05, 0.1) is 10.6 Å². The van der Waals surface area contributed by atoms with Gasteiger partial charge in [-0.1, -0.05) is 18.2 Å². The molecular formula is C14H10N4O2. The summed E-state index contributed by atoms with van der Waals surface area (Å²) in [6.45, 7) is 0. The third-order valence-corrected chi connectivity index (χ3v) is 2.85. The molecule has 0 amide bonds. The summed E-state index contributed by atoms with van der Waals surface area (Å²) in [6.07, 6.45) is 5.13. The van der Waals surface area contributed by atoms with E-state index in [1.807, 2.05) is 18.2 Å². The van der Waals surface area contributed by atoms with Crippen LogP contribution in [0.2, 0.25) is 0 Å². The Bertz CT molecular complexity index is 753. The summed E-state index contributed by atoms with van der Waals surface area (Å²) in [5, 5.41) is 10.8. The lowest BCUT2D eigenvalue weighted by Gasteiger charge is -1.99. The fourth-order valence-electron chi connectivity index (χ4n) is 1.88. The summed E-state index contributed by atoms with van der Waals surface area (Å²) in [4.78, 5) is 18.8. The van der Waals surface area contributed by atoms with Gasteiger partial charge in [0.25, 0.3) is 5.69 Å². The highest BCUT2D eigenvalue weighted by molar-refractivity contribution is 5.62. The average molecular weight is 266 g/mol. The number of hydrogen-bond acceptors (Lipinski definition) is 4. The Morgan fingerprint density at radius 3 is 2.75 bits per heavy atom. The summed E-state index contributed by atoms with van der Waals surface area (Å²) < 4.78 is 1.77. The van der Waals surface area contributed by atoms with E-state index >= 15 is 0 Å². The van der Waals surface area contributed by atoms with Crippen LogP contribution in [0.15, 0.2) is 61.2 Å². The largest absolute Gasteiger partial charge is 0.290 e. The van der Waals surface area contributed by atoms with Crippen molar-refractivity contribution in [1.82, 2.24) is 14.5 Å². The van der Waals surface area contributed by atoms with Crippen LogP contribution in [0.4, 0.5) is 5.69 Å². The lowest BCUT2D eigenvalue weighted by Crippen LogP contribution is -1.92. The summed E-state index contributed by atoms with van der Waals surface area (Å²) in [5.41, 5.74) is 1.42. The number of imidazole rings is 1. The number of non-ortho nitro benzene ring substituents is 1. The van der Waals surface area contributed by atoms with Gasteiger partial charge in [-0.05, 0) is 12.1 Å². The summed E-state index contributed by atoms with van der Waals surface area (Å²) in [6, 6.07) is 12.0. The molecule has 0 atom stereocenters. The molecule has 0 aliphatic rings. The van der Waals surface area contributed by atoms with Crippen LogP contribution in [0.25, 0.3) is 17.1 Å². The van der Waals surface area contributed by atoms with E-state index in [-0.39, 0.29) is 5.69 Å². The Morgan fingerprint density at radius 1 is 1.10 bits per heavy atom. The minimum Gasteiger partial charge on any atom is -0.290 e. The normalized spacial score (nSPS) is 10.4. The zero-order chi connectivity index (χ0) is 13.9. The molecule has 98 valence electrons. The first kappa shape index (κ1) is 12.0. The molecule has 3 aromatic rings. The number of aromatic nitrogens is 3. The van der Waals surface area contributed by atoms with Crippen LogP contribution in [0.1, 0.15) is 0 Å². The smallest absolute Gasteiger partial charge is 0.270 e. The van der Waals surface area contributed by atoms with Crippen molar-refractivity contribution < 1.29 is 4.92 Å². The molecule has 0 unspecified atom stereocenters. The van der Waals surface area contributed by atoms with Gasteiger partial charge in [-0.15, -0.1) is 0 Å². The standard InChI is InChI=1S/C14H10N4O2/c19-18(20)12-5-3-4-11(8-12)13-9-17(10-16-13)14-6-1-2-7-15-14/h1-10H. The number of hydrogen-bond donors (Lipinski definition) is 0. The SMILES string of the molecule is O=[N+]([O-])c1cccc(-c2cn(-c3ccccn3)cn2)c1. The minimum absolute atomic E-state index is 0.0508. The molecule has 0 aliphatic heterocycles. The van der Waals surface area contributed by atoms with Crippen LogP contribution in [0, 0.1) is 10.1 Å². The van der Waals surface area contributed by atoms with Crippen LogP contribution in [0.5, 0.6) is 0 Å². The van der Waals surface area contributed by atoms with Crippen LogP contribution in [-0.4, -0.2) is 19.5 Å². The third kappa shape index (κ3) is 2.26. The second kappa shape index (κ2) is 4.93. The molecular weight excluding hydrogens is 256 g/mol. The second-order valence-electron chi connectivity index (χ2n) is 4.16. The molecule has 0 saturated carbocycles. The molecule has 0 N–H and O–H groups in total. The Labute approximate surface area is 114 Å². The van der Waals surface area contributed by atoms with Crippen molar-refractivity contribution in [3.05, 3.63) is 71.3 Å². The molecule has 0 aliphatic carbocycles. The fourth-order valence-corrected chi connectivity index (χ4v) is 1.88. The monoisotopic (exact) mass is 266 g/mol. The number of rotatable bonds is 3. The van der Waals surface area contributed by atoms with Crippen molar-refractivity contribution in [2.24, 2.45) is 0 Å². The fraction of sp³-hybridized carbons (Fsp3) is 0. The molecule has 0 fully saturated rings. The molecule has 3 rings (SSSR count). The molecule has 0 bridgehead atoms. The van der Waals surface area contributed by atoms with Crippen LogP contribution >= 0.6 is 0 Å². The maximum absolute atomic E-state index is 10.8. The third-order valence-electron chi connectivity index (χ3n) is 2.85. The molecule has 0 saturated heterocycles. The quantitative estimate of drug-likeness (QED) is 0.539. The first-order valence-electron chi connectivity index (χ1n) is 5.94. The van der Waals surface area contributed by atoms with Gasteiger partial charge in [-0.2, -0.15) is 0 Å². The van der Waals surface area contributed by atoms with Crippen molar-refractivity contribution in [2.45, 2.75) is 0 Å². The van der Waals surface area contributed by atoms with E-state index in [0.29, 0.717) is 11.3 Å². The number of nitrogens with zero attached hydrogens (tertiary/aromatic N) is 4. The molecule has 6 nitrogen and oxygen atoms in total. The van der Waals surface area contributed by atoms with Crippen molar-refractivity contribution >= 4 is 5.69 Å². The second-order valence-corrected chi connectivity index (χ2v) is 4.16. The van der Waals surface area contributed by atoms with Crippen molar-refractivity contribution in [2.75, 3.05) is 0 Å². The van der Waals surface area contributed by atoms with Crippen LogP contribution in [-0.2, 0) is 0 Å². The predicted octanol–water partition coefficient (Wildman–Crippen LogP) is 2.84. The molecule has 6 heteroatoms. The average Bonchev–Trinajstić information content (AvgIpc) is 2.98. The van der Waals surface area contributed by atoms with Gasteiger partial charge < -0.3 is 0 Å². The summed E-state index contributed by atoms with van der Waals surface area (Å²) in [7, 11) is 0. The summed E-state index contributed by atoms with van der Waals surface area (Å²) >= 11 is 0. The highest BCUT2D eigenvalue weighted by Crippen LogP contribution is 2.22. The topological polar surface area (TPSA) is 73.8 Å². The molecule has 1 aromatic carbocycles. The zero-order valence-electron chi connectivity index (χ0n) is 10.4. The molecule has 2 heterocycles. The van der Waals surface area contributed by atoms with Gasteiger partial charge >= 0.3 is 0 Å². The number of benzene rings is 1. The lowest BCUT2D eigenvalue weighted by atomic mass is 10.1. The van der Waals surface area contributed by atoms with Crippen molar-refractivity contribution in [3.63, 3.8) is 0 Å². The predicted molar refractivity (Wildman–Crippen MR) is 73.4 cm³/mol. The van der Waals surface area contributed by atoms with Crippen molar-refractivity contribution in [3.8, 4) is 17.1 Å². The van der Waals surface area contributed by atoms with E-state index in [0.717, 1.165) is 5.82 Å². The first-order chi connectivity index (χ1) is 9.74. The number of nitro groups is 1. The van der Waals surface area contributed by atoms with E-state index in [4.69, 9.17) is 0 Å². The highest BCUT2D eigenvalue weighted by Gasteiger charge is 2.09. The summed E-state index contributed by atoms with van der Waals surface area (Å²) in [5.74, 6) is 0.747. The van der Waals surface area contributed by atoms with Gasteiger partial charge in [-0.25, -0.2) is 9.97 Å². The van der Waals surface area contributed by atoms with Gasteiger partial charge in [-0.3, -0.25) is 14.7 Å². The number of nitro benzene ring substituents is 1. The first-order valence-corrected chi connectivity index (χ1v) is 5.94. The Morgan fingerprint density at radius 2 is 2.00 bits per heavy atom. The van der Waals surface area contributed by atoms with E-state index in [2.05, 4.69) is 9.97 Å². The highest BCUT2D eigenvalue weighted by atomic mass is 16.6.